The maximum absolute atomic E-state index is 11.7. The summed E-state index contributed by atoms with van der Waals surface area (Å²) in [7, 11) is 0. The second kappa shape index (κ2) is 6.56. The van der Waals surface area contributed by atoms with Crippen molar-refractivity contribution in [2.75, 3.05) is 18.4 Å². The minimum Gasteiger partial charge on any atom is -0.355 e. The zero-order valence-corrected chi connectivity index (χ0v) is 11.3. The molecule has 2 aromatic carbocycles. The molecule has 2 rings (SSSR count). The van der Waals surface area contributed by atoms with E-state index in [4.69, 9.17) is 0 Å². The van der Waals surface area contributed by atoms with E-state index in [1.54, 1.807) is 0 Å². The third-order valence-electron chi connectivity index (χ3n) is 2.79. The molecule has 0 heterocycles. The number of hydrogen-bond donors (Lipinski definition) is 3. The molecule has 3 N–H and O–H groups in total. The largest absolute Gasteiger partial charge is 0.355 e. The van der Waals surface area contributed by atoms with E-state index in [9.17, 15) is 9.59 Å². The maximum atomic E-state index is 11.7. The summed E-state index contributed by atoms with van der Waals surface area (Å²) in [6, 6.07) is 13.4. The van der Waals surface area contributed by atoms with Gasteiger partial charge in [0.2, 0.25) is 5.91 Å². The van der Waals surface area contributed by atoms with E-state index in [1.165, 1.54) is 6.92 Å². The molecule has 0 aromatic heterocycles. The molecule has 0 saturated heterocycles. The van der Waals surface area contributed by atoms with Gasteiger partial charge in [0.15, 0.2) is 0 Å². The van der Waals surface area contributed by atoms with Gasteiger partial charge in [0.1, 0.15) is 0 Å². The van der Waals surface area contributed by atoms with Gasteiger partial charge in [0.25, 0.3) is 0 Å². The smallest absolute Gasteiger partial charge is 0.319 e. The fraction of sp³-hybridized carbons (Fsp3) is 0.200. The number of rotatable bonds is 4. The zero-order chi connectivity index (χ0) is 14.4. The van der Waals surface area contributed by atoms with Crippen molar-refractivity contribution in [2.45, 2.75) is 6.92 Å². The molecule has 104 valence electrons. The molecule has 0 aliphatic heterocycles. The first-order chi connectivity index (χ1) is 9.65. The first-order valence-corrected chi connectivity index (χ1v) is 6.43. The van der Waals surface area contributed by atoms with Crippen LogP contribution in [0.25, 0.3) is 10.8 Å². The standard InChI is InChI=1S/C15H17N3O2/c1-11(19)16-8-9-17-15(20)18-14-7-6-12-4-2-3-5-13(12)10-14/h2-7,10H,8-9H2,1H3,(H,16,19)(H2,17,18,20). The van der Waals surface area contributed by atoms with Crippen LogP contribution in [0.15, 0.2) is 42.5 Å². The van der Waals surface area contributed by atoms with Gasteiger partial charge < -0.3 is 16.0 Å². The topological polar surface area (TPSA) is 70.2 Å². The van der Waals surface area contributed by atoms with Gasteiger partial charge in [0.05, 0.1) is 0 Å². The highest BCUT2D eigenvalue weighted by molar-refractivity contribution is 5.93. The predicted octanol–water partition coefficient (Wildman–Crippen LogP) is 2.10. The van der Waals surface area contributed by atoms with Crippen molar-refractivity contribution >= 4 is 28.4 Å². The SMILES string of the molecule is CC(=O)NCCNC(=O)Nc1ccc2ccccc2c1. The molecule has 5 heteroatoms. The summed E-state index contributed by atoms with van der Waals surface area (Å²) in [5.41, 5.74) is 0.737. The van der Waals surface area contributed by atoms with Gasteiger partial charge in [-0.15, -0.1) is 0 Å². The van der Waals surface area contributed by atoms with E-state index in [0.717, 1.165) is 16.5 Å². The highest BCUT2D eigenvalue weighted by Gasteiger charge is 2.02. The molecule has 0 radical (unpaired) electrons. The lowest BCUT2D eigenvalue weighted by molar-refractivity contribution is -0.118. The fourth-order valence-electron chi connectivity index (χ4n) is 1.86. The molecular formula is C15H17N3O2. The molecule has 0 aliphatic carbocycles. The molecule has 0 unspecified atom stereocenters. The van der Waals surface area contributed by atoms with Gasteiger partial charge in [0, 0.05) is 25.7 Å². The third kappa shape index (κ3) is 3.98. The van der Waals surface area contributed by atoms with Crippen molar-refractivity contribution in [3.05, 3.63) is 42.5 Å². The van der Waals surface area contributed by atoms with Gasteiger partial charge in [-0.1, -0.05) is 30.3 Å². The molecule has 20 heavy (non-hydrogen) atoms. The van der Waals surface area contributed by atoms with E-state index >= 15 is 0 Å². The van der Waals surface area contributed by atoms with Crippen LogP contribution < -0.4 is 16.0 Å². The number of hydrogen-bond acceptors (Lipinski definition) is 2. The molecule has 0 fully saturated rings. The molecule has 0 spiro atoms. The Balaban J connectivity index is 1.88. The molecule has 3 amide bonds. The van der Waals surface area contributed by atoms with Gasteiger partial charge in [-0.3, -0.25) is 4.79 Å². The first-order valence-electron chi connectivity index (χ1n) is 6.43. The highest BCUT2D eigenvalue weighted by Crippen LogP contribution is 2.18. The molecule has 5 nitrogen and oxygen atoms in total. The Morgan fingerprint density at radius 3 is 2.40 bits per heavy atom. The van der Waals surface area contributed by atoms with Crippen LogP contribution in [0.2, 0.25) is 0 Å². The molecule has 0 bridgehead atoms. The molecule has 2 aromatic rings. The Morgan fingerprint density at radius 2 is 1.65 bits per heavy atom. The lowest BCUT2D eigenvalue weighted by Gasteiger charge is -2.08. The van der Waals surface area contributed by atoms with Gasteiger partial charge in [-0.05, 0) is 22.9 Å². The first kappa shape index (κ1) is 13.9. The minimum atomic E-state index is -0.286. The van der Waals surface area contributed by atoms with E-state index in [1.807, 2.05) is 42.5 Å². The summed E-state index contributed by atoms with van der Waals surface area (Å²) in [4.78, 5) is 22.3. The monoisotopic (exact) mass is 271 g/mol. The lowest BCUT2D eigenvalue weighted by Crippen LogP contribution is -2.36. The minimum absolute atomic E-state index is 0.110. The van der Waals surface area contributed by atoms with Gasteiger partial charge in [-0.2, -0.15) is 0 Å². The van der Waals surface area contributed by atoms with Crippen LogP contribution in [0.4, 0.5) is 10.5 Å². The second-order valence-corrected chi connectivity index (χ2v) is 4.43. The number of amides is 3. The average Bonchev–Trinajstić information content (AvgIpc) is 2.43. The lowest BCUT2D eigenvalue weighted by atomic mass is 10.1. The van der Waals surface area contributed by atoms with Crippen molar-refractivity contribution in [2.24, 2.45) is 0 Å². The molecule has 0 saturated carbocycles. The summed E-state index contributed by atoms with van der Waals surface area (Å²) < 4.78 is 0. The van der Waals surface area contributed by atoms with Gasteiger partial charge >= 0.3 is 6.03 Å². The van der Waals surface area contributed by atoms with Crippen LogP contribution in [0.3, 0.4) is 0 Å². The van der Waals surface area contributed by atoms with E-state index in [2.05, 4.69) is 16.0 Å². The van der Waals surface area contributed by atoms with Crippen LogP contribution in [-0.4, -0.2) is 25.0 Å². The quantitative estimate of drug-likeness (QED) is 0.745. The van der Waals surface area contributed by atoms with Crippen LogP contribution >= 0.6 is 0 Å². The molecular weight excluding hydrogens is 254 g/mol. The van der Waals surface area contributed by atoms with E-state index in [-0.39, 0.29) is 11.9 Å². The van der Waals surface area contributed by atoms with Crippen molar-refractivity contribution < 1.29 is 9.59 Å². The highest BCUT2D eigenvalue weighted by atomic mass is 16.2. The van der Waals surface area contributed by atoms with Crippen molar-refractivity contribution in [3.63, 3.8) is 0 Å². The maximum Gasteiger partial charge on any atom is 0.319 e. The van der Waals surface area contributed by atoms with Crippen LogP contribution in [0.5, 0.6) is 0 Å². The number of benzene rings is 2. The number of anilines is 1. The number of fused-ring (bicyclic) bond motifs is 1. The number of urea groups is 1. The summed E-state index contributed by atoms with van der Waals surface area (Å²) in [6.07, 6.45) is 0. The van der Waals surface area contributed by atoms with Gasteiger partial charge in [-0.25, -0.2) is 4.79 Å². The predicted molar refractivity (Wildman–Crippen MR) is 79.7 cm³/mol. The Kier molecular flexibility index (Phi) is 4.55. The van der Waals surface area contributed by atoms with Crippen LogP contribution in [-0.2, 0) is 4.79 Å². The van der Waals surface area contributed by atoms with Crippen molar-refractivity contribution in [3.8, 4) is 0 Å². The number of carbonyl (C=O) groups is 2. The van der Waals surface area contributed by atoms with E-state index < -0.39 is 0 Å². The molecule has 0 atom stereocenters. The Bertz CT molecular complexity index is 625. The zero-order valence-electron chi connectivity index (χ0n) is 11.3. The van der Waals surface area contributed by atoms with Crippen LogP contribution in [0, 0.1) is 0 Å². The third-order valence-corrected chi connectivity index (χ3v) is 2.79. The Hall–Kier alpha value is -2.56. The number of carbonyl (C=O) groups excluding carboxylic acids is 2. The van der Waals surface area contributed by atoms with Crippen LogP contribution in [0.1, 0.15) is 6.92 Å². The average molecular weight is 271 g/mol. The normalized spacial score (nSPS) is 10.1. The van der Waals surface area contributed by atoms with E-state index in [0.29, 0.717) is 13.1 Å². The Morgan fingerprint density at radius 1 is 0.950 bits per heavy atom. The summed E-state index contributed by atoms with van der Waals surface area (Å²) in [5, 5.41) is 10.2. The van der Waals surface area contributed by atoms with Crippen molar-refractivity contribution in [1.29, 1.82) is 0 Å². The second-order valence-electron chi connectivity index (χ2n) is 4.43. The van der Waals surface area contributed by atoms with Crippen molar-refractivity contribution in [1.82, 2.24) is 10.6 Å². The summed E-state index contributed by atoms with van der Waals surface area (Å²) in [5.74, 6) is -0.110. The summed E-state index contributed by atoms with van der Waals surface area (Å²) >= 11 is 0. The summed E-state index contributed by atoms with van der Waals surface area (Å²) in [6.45, 7) is 2.24. The Labute approximate surface area is 117 Å². The molecule has 0 aliphatic rings. The number of nitrogens with one attached hydrogen (secondary N) is 3. The fourth-order valence-corrected chi connectivity index (χ4v) is 1.86.